The number of hydrogen-bond acceptors (Lipinski definition) is 4. The van der Waals surface area contributed by atoms with Crippen LogP contribution in [0.15, 0.2) is 34.7 Å². The van der Waals surface area contributed by atoms with E-state index < -0.39 is 11.1 Å². The molecule has 3 rings (SSSR count). The fourth-order valence-corrected chi connectivity index (χ4v) is 3.79. The Bertz CT molecular complexity index is 706. The highest BCUT2D eigenvalue weighted by atomic mass is 16.3. The molecule has 0 saturated carbocycles. The first-order chi connectivity index (χ1) is 10.7. The largest absolute Gasteiger partial charge is 0.406 e. The van der Waals surface area contributed by atoms with Crippen LogP contribution < -0.4 is 0 Å². The Morgan fingerprint density at radius 1 is 1.35 bits per heavy atom. The quantitative estimate of drug-likeness (QED) is 0.447. The molecule has 1 unspecified atom stereocenters. The van der Waals surface area contributed by atoms with Gasteiger partial charge in [-0.3, -0.25) is 9.59 Å². The third kappa shape index (κ3) is 2.06. The summed E-state index contributed by atoms with van der Waals surface area (Å²) in [6, 6.07) is 0. The monoisotopic (exact) mass is 315 g/mol. The van der Waals surface area contributed by atoms with Crippen LogP contribution in [0.4, 0.5) is 0 Å². The van der Waals surface area contributed by atoms with Crippen LogP contribution in [0.2, 0.25) is 0 Å². The summed E-state index contributed by atoms with van der Waals surface area (Å²) < 4.78 is 0.630. The maximum absolute atomic E-state index is 13.1. The number of likely N-dealkylation sites (N-methyl/N-ethyl adjacent to an activating group) is 1. The highest BCUT2D eigenvalue weighted by molar-refractivity contribution is 6.04. The van der Waals surface area contributed by atoms with Crippen LogP contribution in [-0.4, -0.2) is 34.4 Å². The van der Waals surface area contributed by atoms with E-state index in [-0.39, 0.29) is 5.78 Å². The number of nitroso groups, excluding NO2 is 1. The van der Waals surface area contributed by atoms with Gasteiger partial charge in [0.05, 0.1) is 10.3 Å². The molecule has 122 valence electrons. The SMILES string of the molecule is CN1C=C2C(=CCC3=C2CCC3)[N+](=O)C1(C=O)C(=O)C(C)(C)C. The van der Waals surface area contributed by atoms with Crippen LogP contribution in [0.5, 0.6) is 0 Å². The second-order valence-corrected chi connectivity index (χ2v) is 7.60. The molecule has 0 aromatic heterocycles. The summed E-state index contributed by atoms with van der Waals surface area (Å²) in [5.41, 5.74) is 1.33. The average molecular weight is 315 g/mol. The summed E-state index contributed by atoms with van der Waals surface area (Å²) in [6.07, 6.45) is 8.03. The van der Waals surface area contributed by atoms with Gasteiger partial charge in [0, 0.05) is 23.6 Å². The molecule has 0 N–H and O–H groups in total. The van der Waals surface area contributed by atoms with Gasteiger partial charge in [-0.15, -0.1) is 0 Å². The summed E-state index contributed by atoms with van der Waals surface area (Å²) in [7, 11) is 1.64. The van der Waals surface area contributed by atoms with Crippen molar-refractivity contribution >= 4 is 12.1 Å². The number of hydrogen-bond donors (Lipinski definition) is 0. The van der Waals surface area contributed by atoms with Gasteiger partial charge in [-0.1, -0.05) is 26.3 Å². The fourth-order valence-electron chi connectivity index (χ4n) is 3.79. The Morgan fingerprint density at radius 2 is 2.04 bits per heavy atom. The lowest BCUT2D eigenvalue weighted by atomic mass is 9.80. The van der Waals surface area contributed by atoms with Crippen molar-refractivity contribution in [3.05, 3.63) is 39.6 Å². The molecule has 0 amide bonds. The van der Waals surface area contributed by atoms with Gasteiger partial charge in [0.25, 0.3) is 5.70 Å². The van der Waals surface area contributed by atoms with Crippen LogP contribution in [0, 0.1) is 10.3 Å². The topological polar surface area (TPSA) is 57.5 Å². The highest BCUT2D eigenvalue weighted by Gasteiger charge is 2.64. The molecule has 0 bridgehead atoms. The van der Waals surface area contributed by atoms with Crippen molar-refractivity contribution < 1.29 is 14.3 Å². The summed E-state index contributed by atoms with van der Waals surface area (Å²) in [5, 5.41) is 0. The van der Waals surface area contributed by atoms with E-state index in [2.05, 4.69) is 0 Å². The zero-order valence-electron chi connectivity index (χ0n) is 14.2. The number of ketones is 1. The van der Waals surface area contributed by atoms with E-state index in [0.717, 1.165) is 31.3 Å². The van der Waals surface area contributed by atoms with Gasteiger partial charge in [-0.25, -0.2) is 0 Å². The summed E-state index contributed by atoms with van der Waals surface area (Å²) >= 11 is 0. The van der Waals surface area contributed by atoms with Crippen LogP contribution in [0.3, 0.4) is 0 Å². The lowest BCUT2D eigenvalue weighted by molar-refractivity contribution is -0.574. The van der Waals surface area contributed by atoms with Gasteiger partial charge < -0.3 is 4.90 Å². The number of aldehydes is 1. The molecular formula is C18H23N2O3+. The Kier molecular flexibility index (Phi) is 3.43. The second-order valence-electron chi connectivity index (χ2n) is 7.60. The van der Waals surface area contributed by atoms with Crippen molar-refractivity contribution in [1.29, 1.82) is 0 Å². The lowest BCUT2D eigenvalue weighted by Gasteiger charge is -2.36. The molecule has 0 saturated heterocycles. The van der Waals surface area contributed by atoms with Crippen LogP contribution >= 0.6 is 0 Å². The highest BCUT2D eigenvalue weighted by Crippen LogP contribution is 2.45. The molecule has 5 nitrogen and oxygen atoms in total. The molecule has 0 spiro atoms. The third-order valence-electron chi connectivity index (χ3n) is 5.04. The molecule has 0 aromatic carbocycles. The minimum atomic E-state index is -1.82. The molecule has 1 heterocycles. The minimum absolute atomic E-state index is 0.389. The zero-order chi connectivity index (χ0) is 17.0. The van der Waals surface area contributed by atoms with E-state index in [1.807, 2.05) is 6.08 Å². The van der Waals surface area contributed by atoms with Gasteiger partial charge in [-0.05, 0) is 37.3 Å². The van der Waals surface area contributed by atoms with Crippen molar-refractivity contribution in [3.63, 3.8) is 0 Å². The first-order valence-electron chi connectivity index (χ1n) is 8.08. The number of allylic oxidation sites excluding steroid dienone is 3. The second kappa shape index (κ2) is 4.98. The fraction of sp³-hybridized carbons (Fsp3) is 0.556. The van der Waals surface area contributed by atoms with E-state index in [1.54, 1.807) is 34.0 Å². The molecule has 0 aromatic rings. The average Bonchev–Trinajstić information content (AvgIpc) is 2.95. The van der Waals surface area contributed by atoms with E-state index >= 15 is 0 Å². The maximum Gasteiger partial charge on any atom is 0.406 e. The minimum Gasteiger partial charge on any atom is -0.304 e. The van der Waals surface area contributed by atoms with Gasteiger partial charge in [0.2, 0.25) is 12.1 Å². The molecule has 1 aliphatic heterocycles. The molecular weight excluding hydrogens is 292 g/mol. The van der Waals surface area contributed by atoms with Gasteiger partial charge >= 0.3 is 5.66 Å². The molecule has 2 aliphatic carbocycles. The summed E-state index contributed by atoms with van der Waals surface area (Å²) in [5.74, 6) is -0.389. The maximum atomic E-state index is 13.1. The predicted molar refractivity (Wildman–Crippen MR) is 86.3 cm³/mol. The van der Waals surface area contributed by atoms with Gasteiger partial charge in [0.1, 0.15) is 0 Å². The Labute approximate surface area is 136 Å². The first kappa shape index (κ1) is 15.8. The van der Waals surface area contributed by atoms with Crippen molar-refractivity contribution in [2.75, 3.05) is 7.05 Å². The molecule has 3 aliphatic rings. The van der Waals surface area contributed by atoms with Crippen molar-refractivity contribution in [3.8, 4) is 0 Å². The molecule has 5 heteroatoms. The summed E-state index contributed by atoms with van der Waals surface area (Å²) in [6.45, 7) is 5.19. The predicted octanol–water partition coefficient (Wildman–Crippen LogP) is 2.87. The normalized spacial score (nSPS) is 27.3. The molecule has 0 fully saturated rings. The van der Waals surface area contributed by atoms with E-state index in [9.17, 15) is 14.5 Å². The van der Waals surface area contributed by atoms with Crippen LogP contribution in [0.1, 0.15) is 46.5 Å². The van der Waals surface area contributed by atoms with E-state index in [1.165, 1.54) is 16.0 Å². The molecule has 1 atom stereocenters. The van der Waals surface area contributed by atoms with Crippen molar-refractivity contribution in [2.24, 2.45) is 5.41 Å². The Balaban J connectivity index is 2.15. The number of nitrogens with zero attached hydrogens (tertiary/aromatic N) is 2. The van der Waals surface area contributed by atoms with Crippen LogP contribution in [-0.2, 0) is 9.59 Å². The number of rotatable bonds is 2. The Hall–Kier alpha value is -2.04. The lowest BCUT2D eigenvalue weighted by Crippen LogP contribution is -2.64. The number of carbonyl (C=O) groups is 2. The smallest absolute Gasteiger partial charge is 0.304 e. The molecule has 0 radical (unpaired) electrons. The number of carbonyl (C=O) groups excluding carboxylic acids is 2. The third-order valence-corrected chi connectivity index (χ3v) is 5.04. The van der Waals surface area contributed by atoms with Gasteiger partial charge in [0.15, 0.2) is 0 Å². The number of Topliss-reactive ketones (excluding diaryl/α,β-unsaturated/α-hetero) is 1. The van der Waals surface area contributed by atoms with Crippen molar-refractivity contribution in [1.82, 2.24) is 4.90 Å². The van der Waals surface area contributed by atoms with Crippen molar-refractivity contribution in [2.45, 2.75) is 52.1 Å². The standard InChI is InChI=1S/C18H23N2O3/c1-17(2,3)16(22)18(11-21)19(4)10-14-13-7-5-6-12(13)8-9-15(14)20(18)23/h9-11H,5-8H2,1-4H3/q+1. The number of fused-ring (bicyclic) bond motifs is 2. The first-order valence-corrected chi connectivity index (χ1v) is 8.08. The van der Waals surface area contributed by atoms with E-state index in [4.69, 9.17) is 0 Å². The zero-order valence-corrected chi connectivity index (χ0v) is 14.2. The molecule has 23 heavy (non-hydrogen) atoms. The van der Waals surface area contributed by atoms with E-state index in [0.29, 0.717) is 16.7 Å². The van der Waals surface area contributed by atoms with Crippen LogP contribution in [0.25, 0.3) is 0 Å². The summed E-state index contributed by atoms with van der Waals surface area (Å²) in [4.78, 5) is 39.4. The Morgan fingerprint density at radius 3 is 2.65 bits per heavy atom. The van der Waals surface area contributed by atoms with Gasteiger partial charge in [-0.2, -0.15) is 0 Å².